The molecule has 1 spiro atoms. The van der Waals surface area contributed by atoms with Crippen LogP contribution >= 0.6 is 0 Å². The van der Waals surface area contributed by atoms with Crippen LogP contribution < -0.4 is 0 Å². The number of ether oxygens (including phenoxy) is 4. The van der Waals surface area contributed by atoms with Gasteiger partial charge < -0.3 is 18.9 Å². The van der Waals surface area contributed by atoms with Crippen LogP contribution in [0.2, 0.25) is 0 Å². The lowest BCUT2D eigenvalue weighted by atomic mass is 9.89. The Hall–Kier alpha value is -2.34. The van der Waals surface area contributed by atoms with Crippen molar-refractivity contribution in [1.82, 2.24) is 0 Å². The molecule has 1 saturated heterocycles. The number of methoxy groups -OCH3 is 1. The van der Waals surface area contributed by atoms with Crippen molar-refractivity contribution in [3.8, 4) is 0 Å². The lowest BCUT2D eigenvalue weighted by Gasteiger charge is -2.43. The van der Waals surface area contributed by atoms with E-state index in [-0.39, 0.29) is 12.0 Å². The van der Waals surface area contributed by atoms with Crippen LogP contribution in [0.3, 0.4) is 0 Å². The van der Waals surface area contributed by atoms with Crippen LogP contribution in [0.4, 0.5) is 0 Å². The Labute approximate surface area is 153 Å². The number of hydrogen-bond donors (Lipinski definition) is 0. The maximum absolute atomic E-state index is 12.5. The Morgan fingerprint density at radius 2 is 2.00 bits per heavy atom. The Morgan fingerprint density at radius 3 is 2.62 bits per heavy atom. The summed E-state index contributed by atoms with van der Waals surface area (Å²) in [4.78, 5) is 24.5. The maximum Gasteiger partial charge on any atom is 0.340 e. The molecule has 0 N–H and O–H groups in total. The van der Waals surface area contributed by atoms with Gasteiger partial charge in [0.2, 0.25) is 5.79 Å². The van der Waals surface area contributed by atoms with E-state index in [1.165, 1.54) is 13.4 Å². The maximum atomic E-state index is 12.5. The monoisotopic (exact) mass is 360 g/mol. The van der Waals surface area contributed by atoms with Crippen molar-refractivity contribution in [2.75, 3.05) is 13.7 Å². The third-order valence-electron chi connectivity index (χ3n) is 5.02. The van der Waals surface area contributed by atoms with Crippen molar-refractivity contribution in [3.05, 3.63) is 47.7 Å². The molecule has 3 rings (SSSR count). The third kappa shape index (κ3) is 3.90. The number of rotatable bonds is 4. The Morgan fingerprint density at radius 1 is 1.23 bits per heavy atom. The molecule has 0 aromatic heterocycles. The van der Waals surface area contributed by atoms with E-state index in [0.29, 0.717) is 24.5 Å². The van der Waals surface area contributed by atoms with E-state index >= 15 is 0 Å². The van der Waals surface area contributed by atoms with Gasteiger partial charge in [0.1, 0.15) is 17.9 Å². The highest BCUT2D eigenvalue weighted by Crippen LogP contribution is 2.39. The molecule has 6 heteroatoms. The fourth-order valence-corrected chi connectivity index (χ4v) is 3.29. The zero-order chi connectivity index (χ0) is 18.6. The molecule has 0 unspecified atom stereocenters. The van der Waals surface area contributed by atoms with E-state index in [1.807, 2.05) is 6.07 Å². The molecule has 3 atom stereocenters. The SMILES string of the molecule is CC[C@@H]1CC[C@@]2(C[C@@H](OC(=O)c3ccccc3)C(C(=O)OC)=CO2)OC1. The second-order valence-electron chi connectivity index (χ2n) is 6.68. The molecular formula is C20H24O6. The van der Waals surface area contributed by atoms with E-state index in [2.05, 4.69) is 6.92 Å². The van der Waals surface area contributed by atoms with Crippen molar-refractivity contribution in [3.63, 3.8) is 0 Å². The molecule has 140 valence electrons. The lowest BCUT2D eigenvalue weighted by Crippen LogP contribution is -2.48. The van der Waals surface area contributed by atoms with Crippen LogP contribution in [0, 0.1) is 5.92 Å². The van der Waals surface area contributed by atoms with Gasteiger partial charge in [0.25, 0.3) is 0 Å². The Balaban J connectivity index is 1.78. The lowest BCUT2D eigenvalue weighted by molar-refractivity contribution is -0.257. The second kappa shape index (κ2) is 7.91. The molecule has 6 nitrogen and oxygen atoms in total. The van der Waals surface area contributed by atoms with Crippen LogP contribution in [-0.4, -0.2) is 37.5 Å². The zero-order valence-corrected chi connectivity index (χ0v) is 15.1. The van der Waals surface area contributed by atoms with Gasteiger partial charge in [-0.25, -0.2) is 9.59 Å². The molecule has 0 saturated carbocycles. The first kappa shape index (κ1) is 18.5. The van der Waals surface area contributed by atoms with Gasteiger partial charge in [0.05, 0.1) is 25.7 Å². The van der Waals surface area contributed by atoms with Gasteiger partial charge in [-0.15, -0.1) is 0 Å². The van der Waals surface area contributed by atoms with E-state index in [1.54, 1.807) is 24.3 Å². The molecule has 1 fully saturated rings. The summed E-state index contributed by atoms with van der Waals surface area (Å²) in [5, 5.41) is 0. The summed E-state index contributed by atoms with van der Waals surface area (Å²) in [6.07, 6.45) is 3.52. The quantitative estimate of drug-likeness (QED) is 0.768. The van der Waals surface area contributed by atoms with Gasteiger partial charge in [-0.1, -0.05) is 31.5 Å². The Bertz CT molecular complexity index is 673. The van der Waals surface area contributed by atoms with Crippen LogP contribution in [0.5, 0.6) is 0 Å². The summed E-state index contributed by atoms with van der Waals surface area (Å²) in [7, 11) is 1.28. The number of carbonyl (C=O) groups excluding carboxylic acids is 2. The summed E-state index contributed by atoms with van der Waals surface area (Å²) in [5.41, 5.74) is 0.608. The first-order valence-corrected chi connectivity index (χ1v) is 8.93. The van der Waals surface area contributed by atoms with Crippen LogP contribution in [0.25, 0.3) is 0 Å². The molecule has 0 amide bonds. The summed E-state index contributed by atoms with van der Waals surface area (Å²) in [6.45, 7) is 2.73. The van der Waals surface area contributed by atoms with Crippen LogP contribution in [-0.2, 0) is 23.7 Å². The minimum atomic E-state index is -0.856. The molecule has 0 aliphatic carbocycles. The fourth-order valence-electron chi connectivity index (χ4n) is 3.29. The van der Waals surface area contributed by atoms with Gasteiger partial charge in [0, 0.05) is 6.42 Å². The van der Waals surface area contributed by atoms with Crippen molar-refractivity contribution in [2.45, 2.75) is 44.5 Å². The highest BCUT2D eigenvalue weighted by Gasteiger charge is 2.46. The van der Waals surface area contributed by atoms with E-state index in [0.717, 1.165) is 12.8 Å². The van der Waals surface area contributed by atoms with Crippen LogP contribution in [0.1, 0.15) is 43.0 Å². The molecule has 1 aromatic carbocycles. The van der Waals surface area contributed by atoms with Crippen molar-refractivity contribution >= 4 is 11.9 Å². The Kier molecular flexibility index (Phi) is 5.61. The molecule has 0 radical (unpaired) electrons. The number of carbonyl (C=O) groups is 2. The van der Waals surface area contributed by atoms with Crippen molar-refractivity contribution in [1.29, 1.82) is 0 Å². The van der Waals surface area contributed by atoms with E-state index in [4.69, 9.17) is 18.9 Å². The van der Waals surface area contributed by atoms with Gasteiger partial charge in [0.15, 0.2) is 0 Å². The zero-order valence-electron chi connectivity index (χ0n) is 15.1. The smallest absolute Gasteiger partial charge is 0.340 e. The minimum Gasteiger partial charge on any atom is -0.469 e. The molecular weight excluding hydrogens is 336 g/mol. The van der Waals surface area contributed by atoms with Gasteiger partial charge >= 0.3 is 11.9 Å². The second-order valence-corrected chi connectivity index (χ2v) is 6.68. The van der Waals surface area contributed by atoms with Crippen molar-refractivity contribution < 1.29 is 28.5 Å². The molecule has 2 heterocycles. The van der Waals surface area contributed by atoms with Gasteiger partial charge in [-0.2, -0.15) is 0 Å². The fraction of sp³-hybridized carbons (Fsp3) is 0.500. The van der Waals surface area contributed by atoms with E-state index in [9.17, 15) is 9.59 Å². The molecule has 0 bridgehead atoms. The largest absolute Gasteiger partial charge is 0.469 e. The standard InChI is InChI=1S/C20H24O6/c1-3-14-9-10-20(24-12-14)11-17(16(13-25-20)19(22)23-2)26-18(21)15-7-5-4-6-8-15/h4-8,13-14,17H,3,9-12H2,1-2H3/t14-,17-,20-/m1/s1. The summed E-state index contributed by atoms with van der Waals surface area (Å²) >= 11 is 0. The first-order valence-electron chi connectivity index (χ1n) is 8.93. The molecule has 2 aliphatic rings. The highest BCUT2D eigenvalue weighted by atomic mass is 16.7. The topological polar surface area (TPSA) is 71.1 Å². The summed E-state index contributed by atoms with van der Waals surface area (Å²) in [5.74, 6) is -1.43. The normalized spacial score (nSPS) is 28.0. The number of benzene rings is 1. The van der Waals surface area contributed by atoms with E-state index < -0.39 is 23.8 Å². The average molecular weight is 360 g/mol. The molecule has 26 heavy (non-hydrogen) atoms. The van der Waals surface area contributed by atoms with Gasteiger partial charge in [-0.3, -0.25) is 0 Å². The predicted molar refractivity (Wildman–Crippen MR) is 93.1 cm³/mol. The van der Waals surface area contributed by atoms with Crippen LogP contribution in [0.15, 0.2) is 42.2 Å². The number of esters is 2. The minimum absolute atomic E-state index is 0.184. The predicted octanol–water partition coefficient (Wildman–Crippen LogP) is 3.22. The molecule has 1 aromatic rings. The first-order chi connectivity index (χ1) is 12.6. The highest BCUT2D eigenvalue weighted by molar-refractivity contribution is 5.92. The third-order valence-corrected chi connectivity index (χ3v) is 5.02. The van der Waals surface area contributed by atoms with Crippen molar-refractivity contribution in [2.24, 2.45) is 5.92 Å². The average Bonchev–Trinajstić information content (AvgIpc) is 2.69. The van der Waals surface area contributed by atoms with Gasteiger partial charge in [-0.05, 0) is 24.5 Å². The number of hydrogen-bond acceptors (Lipinski definition) is 6. The molecule has 2 aliphatic heterocycles. The summed E-state index contributed by atoms with van der Waals surface area (Å²) in [6, 6.07) is 8.67. The summed E-state index contributed by atoms with van der Waals surface area (Å²) < 4.78 is 22.2.